The fourth-order valence-electron chi connectivity index (χ4n) is 4.11. The second-order valence-corrected chi connectivity index (χ2v) is 8.25. The van der Waals surface area contributed by atoms with E-state index in [0.29, 0.717) is 19.3 Å². The molecule has 2 bridgehead atoms. The lowest BCUT2D eigenvalue weighted by atomic mass is 9.43. The predicted octanol–water partition coefficient (Wildman–Crippen LogP) is 4.94. The fourth-order valence-corrected chi connectivity index (χ4v) is 4.81. The number of carbonyl (C=O) groups excluding carboxylic acids is 1. The summed E-state index contributed by atoms with van der Waals surface area (Å²) in [5.74, 6) is -5.39. The van der Waals surface area contributed by atoms with Crippen LogP contribution in [0.3, 0.4) is 0 Å². The Morgan fingerprint density at radius 2 is 1.76 bits per heavy atom. The number of carbonyl (C=O) groups is 1. The summed E-state index contributed by atoms with van der Waals surface area (Å²) < 4.78 is 84.5. The number of ketones is 1. The minimum absolute atomic E-state index is 0.0234. The average Bonchev–Trinajstić information content (AvgIpc) is 2.64. The maximum absolute atomic E-state index is 13.8. The van der Waals surface area contributed by atoms with Crippen molar-refractivity contribution in [2.45, 2.75) is 47.7 Å². The van der Waals surface area contributed by atoms with E-state index in [1.807, 2.05) is 0 Å². The van der Waals surface area contributed by atoms with Gasteiger partial charge in [0.05, 0.1) is 6.61 Å². The summed E-state index contributed by atoms with van der Waals surface area (Å²) in [6, 6.07) is 2.16. The normalized spacial score (nSPS) is 32.0. The minimum atomic E-state index is -4.70. The van der Waals surface area contributed by atoms with Crippen LogP contribution in [-0.2, 0) is 6.42 Å². The van der Waals surface area contributed by atoms with E-state index in [1.54, 1.807) is 0 Å². The van der Waals surface area contributed by atoms with Gasteiger partial charge in [0, 0.05) is 27.9 Å². The Hall–Kier alpha value is -1.38. The Morgan fingerprint density at radius 1 is 1.12 bits per heavy atom. The largest absolute Gasteiger partial charge is 0.493 e. The lowest BCUT2D eigenvalue weighted by Gasteiger charge is -2.65. The molecule has 1 aromatic carbocycles. The van der Waals surface area contributed by atoms with E-state index in [9.17, 15) is 31.1 Å². The first-order valence-corrected chi connectivity index (χ1v) is 8.40. The van der Waals surface area contributed by atoms with Crippen LogP contribution in [-0.4, -0.2) is 29.5 Å². The van der Waals surface area contributed by atoms with Crippen LogP contribution in [0.15, 0.2) is 17.0 Å². The molecule has 0 atom stereocenters. The molecular weight excluding hydrogens is 370 g/mol. The number of thioether (sulfide) groups is 1. The fraction of sp³-hybridized carbons (Fsp3) is 0.562. The summed E-state index contributed by atoms with van der Waals surface area (Å²) >= 11 is -0.593. The van der Waals surface area contributed by atoms with Gasteiger partial charge in [-0.1, -0.05) is 0 Å². The van der Waals surface area contributed by atoms with Crippen LogP contribution in [0.25, 0.3) is 0 Å². The Balaban J connectivity index is 1.62. The zero-order valence-corrected chi connectivity index (χ0v) is 13.5. The van der Waals surface area contributed by atoms with Gasteiger partial charge in [0.15, 0.2) is 0 Å². The van der Waals surface area contributed by atoms with Gasteiger partial charge in [-0.3, -0.25) is 4.79 Å². The Morgan fingerprint density at radius 3 is 2.32 bits per heavy atom. The molecule has 0 heterocycles. The van der Waals surface area contributed by atoms with Gasteiger partial charge in [-0.2, -0.15) is 22.0 Å². The first kappa shape index (κ1) is 17.1. The highest BCUT2D eigenvalue weighted by atomic mass is 32.2. The van der Waals surface area contributed by atoms with Crippen LogP contribution < -0.4 is 4.74 Å². The number of hydrogen-bond donors (Lipinski definition) is 0. The number of hydrogen-bond acceptors (Lipinski definition) is 3. The van der Waals surface area contributed by atoms with Gasteiger partial charge >= 0.3 is 11.4 Å². The lowest BCUT2D eigenvalue weighted by Crippen LogP contribution is -2.66. The van der Waals surface area contributed by atoms with E-state index in [2.05, 4.69) is 0 Å². The van der Waals surface area contributed by atoms with Gasteiger partial charge in [0.1, 0.15) is 11.4 Å². The van der Waals surface area contributed by atoms with E-state index in [0.717, 1.165) is 6.07 Å². The Bertz CT molecular complexity index is 753. The summed E-state index contributed by atoms with van der Waals surface area (Å²) in [7, 11) is 0. The van der Waals surface area contributed by atoms with Crippen molar-refractivity contribution in [3.63, 3.8) is 0 Å². The second kappa shape index (κ2) is 4.86. The highest BCUT2D eigenvalue weighted by molar-refractivity contribution is 8.00. The van der Waals surface area contributed by atoms with Gasteiger partial charge in [-0.15, -0.1) is 0 Å². The molecule has 4 aliphatic rings. The maximum Gasteiger partial charge on any atom is 0.446 e. The number of Topliss-reactive ketones (excluding diaryl/α,β-unsaturated/α-hetero) is 1. The molecule has 2 nitrogen and oxygen atoms in total. The quantitative estimate of drug-likeness (QED) is 0.545. The first-order valence-electron chi connectivity index (χ1n) is 7.58. The van der Waals surface area contributed by atoms with Crippen molar-refractivity contribution in [2.75, 3.05) is 6.61 Å². The first-order chi connectivity index (χ1) is 11.4. The number of alkyl halides is 6. The number of ether oxygens (including phenoxy) is 1. The SMILES string of the molecule is O=C1c2c(SC(F)(F)F)ccc(OCC34CC(F)(C3)C4)c2CC1(F)F. The molecule has 25 heavy (non-hydrogen) atoms. The van der Waals surface area contributed by atoms with Crippen molar-refractivity contribution >= 4 is 17.5 Å². The van der Waals surface area contributed by atoms with Crippen LogP contribution in [0.4, 0.5) is 26.3 Å². The molecule has 0 N–H and O–H groups in total. The third kappa shape index (κ3) is 2.71. The van der Waals surface area contributed by atoms with Crippen molar-refractivity contribution in [1.29, 1.82) is 0 Å². The molecular formula is C16H12F6O2S. The summed E-state index contributed by atoms with van der Waals surface area (Å²) in [6.07, 6.45) is 0.0562. The smallest absolute Gasteiger partial charge is 0.446 e. The molecule has 0 radical (unpaired) electrons. The van der Waals surface area contributed by atoms with Crippen molar-refractivity contribution in [1.82, 2.24) is 0 Å². The molecule has 9 heteroatoms. The highest BCUT2D eigenvalue weighted by Crippen LogP contribution is 2.69. The van der Waals surface area contributed by atoms with E-state index in [-0.39, 0.29) is 23.3 Å². The molecule has 3 saturated carbocycles. The van der Waals surface area contributed by atoms with E-state index in [4.69, 9.17) is 4.74 Å². The molecule has 0 unspecified atom stereocenters. The predicted molar refractivity (Wildman–Crippen MR) is 77.0 cm³/mol. The maximum atomic E-state index is 13.8. The van der Waals surface area contributed by atoms with E-state index in [1.165, 1.54) is 6.07 Å². The standard InChI is InChI=1S/C16H12F6O2S/c17-14-4-13(5-14,6-14)7-24-9-1-2-10(25-16(20,21)22)11-8(9)3-15(18,19)12(11)23/h1-2H,3-7H2. The third-order valence-corrected chi connectivity index (χ3v) is 5.82. The van der Waals surface area contributed by atoms with Crippen LogP contribution in [0.1, 0.15) is 35.2 Å². The Labute approximate surface area is 142 Å². The van der Waals surface area contributed by atoms with Crippen molar-refractivity contribution in [3.8, 4) is 5.75 Å². The average molecular weight is 382 g/mol. The van der Waals surface area contributed by atoms with Gasteiger partial charge in [-0.25, -0.2) is 4.39 Å². The molecule has 0 aliphatic heterocycles. The van der Waals surface area contributed by atoms with Gasteiger partial charge in [0.2, 0.25) is 5.78 Å². The number of fused-ring (bicyclic) bond motifs is 1. The molecule has 0 spiro atoms. The van der Waals surface area contributed by atoms with Crippen LogP contribution in [0.5, 0.6) is 5.75 Å². The summed E-state index contributed by atoms with van der Waals surface area (Å²) in [5.41, 5.74) is -6.97. The van der Waals surface area contributed by atoms with Crippen molar-refractivity contribution in [3.05, 3.63) is 23.3 Å². The summed E-state index contributed by atoms with van der Waals surface area (Å²) in [4.78, 5) is 11.3. The summed E-state index contributed by atoms with van der Waals surface area (Å²) in [5, 5.41) is 0. The van der Waals surface area contributed by atoms with E-state index >= 15 is 0 Å². The van der Waals surface area contributed by atoms with Gasteiger partial charge in [-0.05, 0) is 43.2 Å². The zero-order chi connectivity index (χ0) is 18.3. The lowest BCUT2D eigenvalue weighted by molar-refractivity contribution is -0.226. The number of rotatable bonds is 4. The highest BCUT2D eigenvalue weighted by Gasteiger charge is 2.69. The second-order valence-electron chi connectivity index (χ2n) is 7.14. The topological polar surface area (TPSA) is 26.3 Å². The summed E-state index contributed by atoms with van der Waals surface area (Å²) in [6.45, 7) is 0.108. The van der Waals surface area contributed by atoms with Crippen LogP contribution >= 0.6 is 11.8 Å². The molecule has 0 saturated heterocycles. The van der Waals surface area contributed by atoms with Crippen LogP contribution in [0, 0.1) is 5.41 Å². The van der Waals surface area contributed by atoms with Crippen molar-refractivity contribution in [2.24, 2.45) is 5.41 Å². The van der Waals surface area contributed by atoms with Crippen molar-refractivity contribution < 1.29 is 35.9 Å². The van der Waals surface area contributed by atoms with Gasteiger partial charge < -0.3 is 4.74 Å². The molecule has 4 aliphatic carbocycles. The molecule has 3 fully saturated rings. The molecule has 136 valence electrons. The zero-order valence-electron chi connectivity index (χ0n) is 12.7. The van der Waals surface area contributed by atoms with Gasteiger partial charge in [0.25, 0.3) is 0 Å². The minimum Gasteiger partial charge on any atom is -0.493 e. The molecule has 0 amide bonds. The number of benzene rings is 1. The molecule has 1 aromatic rings. The molecule has 5 rings (SSSR count). The Kier molecular flexibility index (Phi) is 3.32. The van der Waals surface area contributed by atoms with E-state index < -0.39 is 51.5 Å². The third-order valence-electron chi connectivity index (χ3n) is 5.02. The molecule has 0 aromatic heterocycles. The monoisotopic (exact) mass is 382 g/mol. The van der Waals surface area contributed by atoms with Crippen LogP contribution in [0.2, 0.25) is 0 Å². The number of halogens is 6.